The third-order valence-electron chi connectivity index (χ3n) is 11.9. The molecule has 0 saturated heterocycles. The van der Waals surface area contributed by atoms with Crippen LogP contribution in [0.1, 0.15) is 23.1 Å². The molecule has 10 aromatic carbocycles. The Kier molecular flexibility index (Phi) is 6.99. The van der Waals surface area contributed by atoms with E-state index in [0.717, 1.165) is 40.3 Å². The van der Waals surface area contributed by atoms with E-state index in [2.05, 4.69) is 152 Å². The number of benzene rings is 8. The highest BCUT2D eigenvalue weighted by atomic mass is 14.3. The maximum Gasteiger partial charge on any atom is 0.0991 e. The molecule has 0 aromatic heterocycles. The lowest BCUT2D eigenvalue weighted by Gasteiger charge is -2.17. The molecule has 1 aliphatic carbocycles. The molecule has 0 atom stereocenters. The largest absolute Gasteiger partial charge is 0.192 e. The summed E-state index contributed by atoms with van der Waals surface area (Å²) in [5.41, 5.74) is 8.10. The van der Waals surface area contributed by atoms with Gasteiger partial charge in [-0.3, -0.25) is 0 Å². The molecule has 0 N–H and O–H groups in total. The number of hydrogen-bond acceptors (Lipinski definition) is 2. The van der Waals surface area contributed by atoms with Crippen LogP contribution in [-0.4, -0.2) is 0 Å². The Balaban J connectivity index is 1.42. The van der Waals surface area contributed by atoms with Crippen LogP contribution in [0.2, 0.25) is 0 Å². The summed E-state index contributed by atoms with van der Waals surface area (Å²) in [7, 11) is 0. The normalized spacial score (nSPS) is 15.0. The SMILES string of the molecule is C=C1/C=C\C=C/C/C=c2/c3cc4c(-c5ccc(C#N)cc5)c5c6cccc7c8ccccc8cc(c5c(-c5ccc(C#N)cc5)c4cc3c3cccc(c23)C1)c76. The summed E-state index contributed by atoms with van der Waals surface area (Å²) in [6.07, 6.45) is 12.5. The van der Waals surface area contributed by atoms with Crippen LogP contribution in [0.5, 0.6) is 0 Å². The fourth-order valence-electron chi connectivity index (χ4n) is 9.58. The van der Waals surface area contributed by atoms with Crippen LogP contribution in [0.15, 0.2) is 164 Å². The summed E-state index contributed by atoms with van der Waals surface area (Å²) in [6.45, 7) is 4.41. The first-order valence-electron chi connectivity index (χ1n) is 19.1. The van der Waals surface area contributed by atoms with Gasteiger partial charge in [-0.15, -0.1) is 0 Å². The molecular formula is C54H32N2. The van der Waals surface area contributed by atoms with Gasteiger partial charge >= 0.3 is 0 Å². The molecule has 2 heteroatoms. The van der Waals surface area contributed by atoms with Gasteiger partial charge in [-0.2, -0.15) is 10.5 Å². The van der Waals surface area contributed by atoms with Crippen molar-refractivity contribution < 1.29 is 0 Å². The second-order valence-electron chi connectivity index (χ2n) is 15.0. The zero-order chi connectivity index (χ0) is 37.5. The molecule has 0 unspecified atom stereocenters. The number of hydrogen-bond donors (Lipinski definition) is 0. The third-order valence-corrected chi connectivity index (χ3v) is 11.9. The van der Waals surface area contributed by atoms with Crippen molar-refractivity contribution in [3.8, 4) is 34.4 Å². The fraction of sp³-hybridized carbons (Fsp3) is 0.0370. The Morgan fingerprint density at radius 2 is 1.09 bits per heavy atom. The number of nitrogens with zero attached hydrogens (tertiary/aromatic N) is 2. The fourth-order valence-corrected chi connectivity index (χ4v) is 9.58. The van der Waals surface area contributed by atoms with Crippen molar-refractivity contribution in [2.45, 2.75) is 12.8 Å². The van der Waals surface area contributed by atoms with Crippen molar-refractivity contribution >= 4 is 81.5 Å². The maximum atomic E-state index is 9.84. The summed E-state index contributed by atoms with van der Waals surface area (Å²) >= 11 is 0. The Bertz CT molecular complexity index is 3530. The molecular weight excluding hydrogens is 677 g/mol. The van der Waals surface area contributed by atoms with Crippen molar-refractivity contribution in [1.82, 2.24) is 0 Å². The monoisotopic (exact) mass is 708 g/mol. The zero-order valence-corrected chi connectivity index (χ0v) is 30.5. The van der Waals surface area contributed by atoms with E-state index < -0.39 is 0 Å². The average molecular weight is 709 g/mol. The summed E-state index contributed by atoms with van der Waals surface area (Å²) < 4.78 is 0. The van der Waals surface area contributed by atoms with Gasteiger partial charge in [0.25, 0.3) is 0 Å². The summed E-state index contributed by atoms with van der Waals surface area (Å²) in [4.78, 5) is 0. The van der Waals surface area contributed by atoms with Gasteiger partial charge in [0, 0.05) is 0 Å². The van der Waals surface area contributed by atoms with Gasteiger partial charge in [0.1, 0.15) is 0 Å². The van der Waals surface area contributed by atoms with Gasteiger partial charge in [0.05, 0.1) is 23.3 Å². The van der Waals surface area contributed by atoms with Gasteiger partial charge in [-0.1, -0.05) is 127 Å². The van der Waals surface area contributed by atoms with Crippen LogP contribution >= 0.6 is 0 Å². The van der Waals surface area contributed by atoms with Gasteiger partial charge in [-0.05, 0) is 164 Å². The first kappa shape index (κ1) is 32.0. The molecule has 10 aromatic rings. The zero-order valence-electron chi connectivity index (χ0n) is 30.5. The van der Waals surface area contributed by atoms with Crippen LogP contribution in [0.4, 0.5) is 0 Å². The van der Waals surface area contributed by atoms with E-state index in [1.165, 1.54) is 86.5 Å². The summed E-state index contributed by atoms with van der Waals surface area (Å²) in [6, 6.07) is 50.3. The molecule has 0 radical (unpaired) electrons. The van der Waals surface area contributed by atoms with Crippen molar-refractivity contribution in [2.75, 3.05) is 0 Å². The smallest absolute Gasteiger partial charge is 0.0991 e. The molecule has 0 saturated carbocycles. The van der Waals surface area contributed by atoms with Gasteiger partial charge in [-0.25, -0.2) is 0 Å². The Morgan fingerprint density at radius 1 is 0.482 bits per heavy atom. The maximum absolute atomic E-state index is 9.84. The minimum absolute atomic E-state index is 0.635. The number of nitriles is 2. The van der Waals surface area contributed by atoms with E-state index in [0.29, 0.717) is 11.1 Å². The van der Waals surface area contributed by atoms with Crippen LogP contribution in [0.25, 0.3) is 104 Å². The third kappa shape index (κ3) is 4.61. The lowest BCUT2D eigenvalue weighted by Crippen LogP contribution is -2.02. The molecule has 0 fully saturated rings. The van der Waals surface area contributed by atoms with Gasteiger partial charge < -0.3 is 0 Å². The van der Waals surface area contributed by atoms with Crippen LogP contribution in [0.3, 0.4) is 0 Å². The molecule has 0 heterocycles. The first-order chi connectivity index (χ1) is 27.6. The van der Waals surface area contributed by atoms with Crippen molar-refractivity contribution in [1.29, 1.82) is 10.5 Å². The predicted molar refractivity (Wildman–Crippen MR) is 236 cm³/mol. The number of fused-ring (bicyclic) bond motifs is 9. The van der Waals surface area contributed by atoms with Crippen LogP contribution in [0, 0.1) is 22.7 Å². The Labute approximate surface area is 323 Å². The standard InChI is InChI=1S/C54H32N2/c1-32-10-4-2-3-5-14-41-44-28-46-47(29-45(44)42-15-8-12-38(26-32)49(41)42)51(36-24-20-34(31-56)21-25-36)54-48-27-37-11-6-7-13-39(37)40-16-9-17-43(52(40)48)53(54)50(46)35-22-18-33(30-55)19-23-35/h2-4,6-25,27-29H,1,5,26H2/b3-2-,10-4-,41-14-. The molecule has 0 spiro atoms. The predicted octanol–water partition coefficient (Wildman–Crippen LogP) is 13.4. The second-order valence-corrected chi connectivity index (χ2v) is 15.0. The summed E-state index contributed by atoms with van der Waals surface area (Å²) in [5.74, 6) is 0. The average Bonchev–Trinajstić information content (AvgIpc) is 3.72. The van der Waals surface area contributed by atoms with E-state index >= 15 is 0 Å². The van der Waals surface area contributed by atoms with E-state index in [-0.39, 0.29) is 0 Å². The molecule has 0 amide bonds. The van der Waals surface area contributed by atoms with E-state index in [4.69, 9.17) is 0 Å². The first-order valence-corrected chi connectivity index (χ1v) is 19.1. The van der Waals surface area contributed by atoms with Crippen LogP contribution in [-0.2, 0) is 6.42 Å². The highest BCUT2D eigenvalue weighted by Crippen LogP contribution is 2.53. The van der Waals surface area contributed by atoms with Crippen LogP contribution < -0.4 is 5.22 Å². The topological polar surface area (TPSA) is 47.6 Å². The molecule has 258 valence electrons. The number of rotatable bonds is 2. The molecule has 0 aliphatic heterocycles. The van der Waals surface area contributed by atoms with E-state index in [1.807, 2.05) is 24.3 Å². The molecule has 2 nitrogen and oxygen atoms in total. The van der Waals surface area contributed by atoms with Gasteiger partial charge in [0.2, 0.25) is 0 Å². The quantitative estimate of drug-likeness (QED) is 0.168. The number of allylic oxidation sites excluding steroid dienone is 5. The molecule has 11 rings (SSSR count). The molecule has 0 bridgehead atoms. The van der Waals surface area contributed by atoms with Crippen molar-refractivity contribution in [3.05, 3.63) is 186 Å². The highest BCUT2D eigenvalue weighted by molar-refractivity contribution is 6.43. The Morgan fingerprint density at radius 3 is 1.80 bits per heavy atom. The van der Waals surface area contributed by atoms with E-state index in [1.54, 1.807) is 0 Å². The minimum atomic E-state index is 0.635. The Hall–Kier alpha value is -7.52. The van der Waals surface area contributed by atoms with Gasteiger partial charge in [0.15, 0.2) is 0 Å². The molecule has 56 heavy (non-hydrogen) atoms. The lowest BCUT2D eigenvalue weighted by atomic mass is 9.85. The summed E-state index contributed by atoms with van der Waals surface area (Å²) in [5, 5.41) is 38.0. The molecule has 1 aliphatic rings. The second kappa shape index (κ2) is 12.3. The lowest BCUT2D eigenvalue weighted by molar-refractivity contribution is 1.23. The minimum Gasteiger partial charge on any atom is -0.192 e. The van der Waals surface area contributed by atoms with E-state index in [9.17, 15) is 10.5 Å². The van der Waals surface area contributed by atoms with Crippen molar-refractivity contribution in [3.63, 3.8) is 0 Å². The van der Waals surface area contributed by atoms with Crippen molar-refractivity contribution in [2.24, 2.45) is 0 Å². The highest BCUT2D eigenvalue weighted by Gasteiger charge is 2.25.